The molecule has 318 valence electrons. The van der Waals surface area contributed by atoms with Gasteiger partial charge in [-0.1, -0.05) is 66.7 Å². The molecule has 0 spiro atoms. The molecule has 4 heterocycles. The van der Waals surface area contributed by atoms with E-state index in [2.05, 4.69) is 63.4 Å². The molecular weight excluding hydrogens is 765 g/mol. The smallest absolute Gasteiger partial charge is 0.219 e. The van der Waals surface area contributed by atoms with Crippen molar-refractivity contribution in [3.63, 3.8) is 0 Å². The SMILES string of the molecule is CN1CCC(Oc2cccc(CN)c2)CC1.CN1CCC(Oc2cccc(CNCc3ccc(Oc4ccccc4)nc3)c2)CC1.O=Cc1ccc(Oc2ccccc2)nc1. The zero-order valence-corrected chi connectivity index (χ0v) is 35.3. The second-order valence-corrected chi connectivity index (χ2v) is 15.2. The highest BCUT2D eigenvalue weighted by atomic mass is 16.5. The van der Waals surface area contributed by atoms with Crippen molar-refractivity contribution in [1.82, 2.24) is 25.1 Å². The van der Waals surface area contributed by atoms with Gasteiger partial charge in [0.25, 0.3) is 0 Å². The van der Waals surface area contributed by atoms with E-state index < -0.39 is 0 Å². The van der Waals surface area contributed by atoms with Crippen molar-refractivity contribution in [2.75, 3.05) is 40.3 Å². The molecule has 11 nitrogen and oxygen atoms in total. The Morgan fingerprint density at radius 2 is 1.05 bits per heavy atom. The summed E-state index contributed by atoms with van der Waals surface area (Å²) in [4.78, 5) is 23.5. The lowest BCUT2D eigenvalue weighted by molar-refractivity contribution is 0.112. The number of carbonyl (C=O) groups is 1. The Balaban J connectivity index is 0.000000169. The van der Waals surface area contributed by atoms with Gasteiger partial charge in [-0.2, -0.15) is 0 Å². The number of hydrogen-bond donors (Lipinski definition) is 2. The van der Waals surface area contributed by atoms with E-state index in [4.69, 9.17) is 24.7 Å². The van der Waals surface area contributed by atoms with Gasteiger partial charge in [-0.15, -0.1) is 0 Å². The fourth-order valence-electron chi connectivity index (χ4n) is 6.73. The molecule has 2 aliphatic heterocycles. The van der Waals surface area contributed by atoms with Gasteiger partial charge in [-0.3, -0.25) is 4.79 Å². The number of pyridine rings is 2. The van der Waals surface area contributed by atoms with E-state index in [1.54, 1.807) is 12.1 Å². The molecule has 11 heteroatoms. The Kier molecular flexibility index (Phi) is 17.6. The van der Waals surface area contributed by atoms with E-state index in [0.717, 1.165) is 105 Å². The topological polar surface area (TPSA) is 124 Å². The van der Waals surface area contributed by atoms with Crippen molar-refractivity contribution in [2.45, 2.75) is 57.5 Å². The standard InChI is InChI=1S/C25H29N3O2.C13H20N2O.C12H9NO2/c1-28-14-12-23(13-15-28)29-24-9-5-6-20(16-24)17-26-18-21-10-11-25(27-19-21)30-22-7-3-2-4-8-22;1-15-7-5-12(6-8-15)16-13-4-2-3-11(9-13)10-14;14-9-10-6-7-12(13-8-10)15-11-4-2-1-3-5-11/h2-11,16,19,23,26H,12-15,17-18H2,1H3;2-4,9,12H,5-8,10,14H2,1H3;1-9H. The van der Waals surface area contributed by atoms with Crippen LogP contribution in [0.25, 0.3) is 0 Å². The number of carbonyl (C=O) groups excluding carboxylic acids is 1. The molecule has 4 aromatic carbocycles. The number of piperidine rings is 2. The average Bonchev–Trinajstić information content (AvgIpc) is 3.30. The molecule has 8 rings (SSSR count). The maximum atomic E-state index is 10.4. The lowest BCUT2D eigenvalue weighted by Crippen LogP contribution is -2.35. The van der Waals surface area contributed by atoms with E-state index in [9.17, 15) is 4.79 Å². The summed E-state index contributed by atoms with van der Waals surface area (Å²) in [6.07, 6.45) is 9.19. The number of nitrogens with zero attached hydrogens (tertiary/aromatic N) is 4. The second kappa shape index (κ2) is 24.2. The molecule has 0 amide bonds. The van der Waals surface area contributed by atoms with Gasteiger partial charge in [-0.05, 0) is 111 Å². The summed E-state index contributed by atoms with van der Waals surface area (Å²) in [5.74, 6) is 4.52. The largest absolute Gasteiger partial charge is 0.490 e. The van der Waals surface area contributed by atoms with E-state index in [-0.39, 0.29) is 0 Å². The first kappa shape index (κ1) is 44.4. The van der Waals surface area contributed by atoms with Crippen LogP contribution in [0.15, 0.2) is 146 Å². The summed E-state index contributed by atoms with van der Waals surface area (Å²) in [5, 5.41) is 3.48. The van der Waals surface area contributed by atoms with Crippen LogP contribution in [0.2, 0.25) is 0 Å². The summed E-state index contributed by atoms with van der Waals surface area (Å²) < 4.78 is 23.3. The van der Waals surface area contributed by atoms with Crippen LogP contribution in [0.3, 0.4) is 0 Å². The molecule has 6 aromatic rings. The van der Waals surface area contributed by atoms with Gasteiger partial charge in [0, 0.05) is 75.9 Å². The number of likely N-dealkylation sites (tertiary alicyclic amines) is 2. The maximum Gasteiger partial charge on any atom is 0.219 e. The van der Waals surface area contributed by atoms with Gasteiger partial charge < -0.3 is 39.8 Å². The van der Waals surface area contributed by atoms with Crippen LogP contribution in [0, 0.1) is 0 Å². The van der Waals surface area contributed by atoms with Crippen LogP contribution in [-0.2, 0) is 19.6 Å². The van der Waals surface area contributed by atoms with Gasteiger partial charge in [-0.25, -0.2) is 9.97 Å². The summed E-state index contributed by atoms with van der Waals surface area (Å²) in [5.41, 5.74) is 9.61. The minimum Gasteiger partial charge on any atom is -0.490 e. The number of aldehydes is 1. The number of ether oxygens (including phenoxy) is 4. The minimum absolute atomic E-state index is 0.326. The summed E-state index contributed by atoms with van der Waals surface area (Å²) >= 11 is 0. The number of para-hydroxylation sites is 2. The number of rotatable bonds is 14. The Labute approximate surface area is 360 Å². The zero-order chi connectivity index (χ0) is 42.5. The molecule has 3 N–H and O–H groups in total. The lowest BCUT2D eigenvalue weighted by atomic mass is 10.1. The van der Waals surface area contributed by atoms with E-state index in [0.29, 0.717) is 36.1 Å². The molecule has 0 atom stereocenters. The molecule has 61 heavy (non-hydrogen) atoms. The molecular formula is C50H58N6O5. The van der Waals surface area contributed by atoms with Crippen LogP contribution in [0.1, 0.15) is 52.7 Å². The first-order valence-electron chi connectivity index (χ1n) is 21.0. The van der Waals surface area contributed by atoms with Crippen molar-refractivity contribution in [3.8, 4) is 34.8 Å². The van der Waals surface area contributed by atoms with Crippen LogP contribution < -0.4 is 30.0 Å². The van der Waals surface area contributed by atoms with Gasteiger partial charge >= 0.3 is 0 Å². The first-order valence-corrected chi connectivity index (χ1v) is 21.0. The fraction of sp³-hybridized carbons (Fsp3) is 0.300. The van der Waals surface area contributed by atoms with Crippen LogP contribution in [0.4, 0.5) is 0 Å². The third-order valence-corrected chi connectivity index (χ3v) is 10.3. The molecule has 0 saturated carbocycles. The molecule has 2 fully saturated rings. The highest BCUT2D eigenvalue weighted by molar-refractivity contribution is 5.74. The van der Waals surface area contributed by atoms with Crippen LogP contribution in [0.5, 0.6) is 34.8 Å². The zero-order valence-electron chi connectivity index (χ0n) is 35.3. The average molecular weight is 823 g/mol. The van der Waals surface area contributed by atoms with E-state index >= 15 is 0 Å². The molecule has 0 bridgehead atoms. The predicted octanol–water partition coefficient (Wildman–Crippen LogP) is 8.94. The highest BCUT2D eigenvalue weighted by Gasteiger charge is 2.19. The van der Waals surface area contributed by atoms with Crippen molar-refractivity contribution >= 4 is 6.29 Å². The summed E-state index contributed by atoms with van der Waals surface area (Å²) in [6, 6.07) is 42.8. The first-order chi connectivity index (χ1) is 29.9. The second-order valence-electron chi connectivity index (χ2n) is 15.2. The lowest BCUT2D eigenvalue weighted by Gasteiger charge is -2.29. The molecule has 2 saturated heterocycles. The maximum absolute atomic E-state index is 10.4. The Bertz CT molecular complexity index is 2140. The molecule has 0 radical (unpaired) electrons. The Morgan fingerprint density at radius 3 is 1.52 bits per heavy atom. The van der Waals surface area contributed by atoms with E-state index in [1.807, 2.05) is 103 Å². The Hall–Kier alpha value is -6.11. The number of nitrogens with two attached hydrogens (primary N) is 1. The minimum atomic E-state index is 0.326. The Morgan fingerprint density at radius 1 is 0.574 bits per heavy atom. The number of hydrogen-bond acceptors (Lipinski definition) is 11. The predicted molar refractivity (Wildman–Crippen MR) is 241 cm³/mol. The highest BCUT2D eigenvalue weighted by Crippen LogP contribution is 2.23. The molecule has 2 aliphatic rings. The number of benzene rings is 4. The van der Waals surface area contributed by atoms with E-state index in [1.165, 1.54) is 11.8 Å². The normalized spacial score (nSPS) is 14.7. The van der Waals surface area contributed by atoms with Crippen molar-refractivity contribution < 1.29 is 23.7 Å². The quantitative estimate of drug-likeness (QED) is 0.102. The van der Waals surface area contributed by atoms with Gasteiger partial charge in [0.15, 0.2) is 6.29 Å². The fourth-order valence-corrected chi connectivity index (χ4v) is 6.73. The molecule has 0 unspecified atom stereocenters. The molecule has 2 aromatic heterocycles. The van der Waals surface area contributed by atoms with Crippen molar-refractivity contribution in [1.29, 1.82) is 0 Å². The van der Waals surface area contributed by atoms with Crippen molar-refractivity contribution in [2.24, 2.45) is 5.73 Å². The van der Waals surface area contributed by atoms with Crippen molar-refractivity contribution in [3.05, 3.63) is 168 Å². The van der Waals surface area contributed by atoms with Crippen LogP contribution in [-0.4, -0.2) is 78.5 Å². The van der Waals surface area contributed by atoms with Gasteiger partial charge in [0.2, 0.25) is 11.8 Å². The van der Waals surface area contributed by atoms with Gasteiger partial charge in [0.05, 0.1) is 0 Å². The van der Waals surface area contributed by atoms with Gasteiger partial charge in [0.1, 0.15) is 35.2 Å². The number of aromatic nitrogens is 2. The summed E-state index contributed by atoms with van der Waals surface area (Å²) in [6.45, 7) is 6.57. The van der Waals surface area contributed by atoms with Crippen LogP contribution >= 0.6 is 0 Å². The third-order valence-electron chi connectivity index (χ3n) is 10.3. The monoisotopic (exact) mass is 822 g/mol. The summed E-state index contributed by atoms with van der Waals surface area (Å²) in [7, 11) is 4.33. The number of nitrogens with one attached hydrogen (secondary N) is 1. The third kappa shape index (κ3) is 15.8. The molecule has 0 aliphatic carbocycles.